The molecule has 0 radical (unpaired) electrons. The number of carbonyl (C=O) groups is 1. The highest BCUT2D eigenvalue weighted by Gasteiger charge is 2.17. The van der Waals surface area contributed by atoms with E-state index >= 15 is 0 Å². The molecule has 0 aromatic carbocycles. The summed E-state index contributed by atoms with van der Waals surface area (Å²) >= 11 is 3.25. The Kier molecular flexibility index (Phi) is 4.05. The zero-order valence-electron chi connectivity index (χ0n) is 9.86. The van der Waals surface area contributed by atoms with Gasteiger partial charge in [0, 0.05) is 13.5 Å². The number of allylic oxidation sites excluding steroid dienone is 2. The molecular weight excluding hydrogens is 282 g/mol. The summed E-state index contributed by atoms with van der Waals surface area (Å²) < 4.78 is 6.08. The van der Waals surface area contributed by atoms with Crippen LogP contribution in [0, 0.1) is 5.92 Å². The molecule has 0 saturated heterocycles. The summed E-state index contributed by atoms with van der Waals surface area (Å²) in [5.74, 6) is 1.40. The first-order valence-electron chi connectivity index (χ1n) is 5.80. The third-order valence-electron chi connectivity index (χ3n) is 3.00. The minimum absolute atomic E-state index is 0.175. The van der Waals surface area contributed by atoms with Crippen LogP contribution in [0.25, 0.3) is 0 Å². The van der Waals surface area contributed by atoms with Crippen LogP contribution >= 0.6 is 15.9 Å². The van der Waals surface area contributed by atoms with Crippen molar-refractivity contribution in [3.05, 3.63) is 34.7 Å². The van der Waals surface area contributed by atoms with E-state index in [1.165, 1.54) is 0 Å². The van der Waals surface area contributed by atoms with Gasteiger partial charge in [-0.05, 0) is 46.8 Å². The van der Waals surface area contributed by atoms with Gasteiger partial charge in [-0.15, -0.1) is 0 Å². The van der Waals surface area contributed by atoms with Gasteiger partial charge in [-0.3, -0.25) is 4.79 Å². The largest absolute Gasteiger partial charge is 0.452 e. The average Bonchev–Trinajstić information content (AvgIpc) is 2.90. The van der Waals surface area contributed by atoms with Crippen LogP contribution in [0.1, 0.15) is 25.0 Å². The van der Waals surface area contributed by atoms with Crippen LogP contribution in [-0.4, -0.2) is 17.9 Å². The van der Waals surface area contributed by atoms with E-state index in [1.54, 1.807) is 4.90 Å². The van der Waals surface area contributed by atoms with Crippen molar-refractivity contribution in [3.63, 3.8) is 0 Å². The topological polar surface area (TPSA) is 33.5 Å². The van der Waals surface area contributed by atoms with E-state index in [2.05, 4.69) is 28.1 Å². The first-order chi connectivity index (χ1) is 8.15. The SMILES string of the molecule is CN(Cc1ccc(Br)o1)C(=O)CC1C=CCC1. The predicted molar refractivity (Wildman–Crippen MR) is 69.4 cm³/mol. The smallest absolute Gasteiger partial charge is 0.223 e. The number of nitrogens with zero attached hydrogens (tertiary/aromatic N) is 1. The van der Waals surface area contributed by atoms with E-state index in [9.17, 15) is 4.79 Å². The number of rotatable bonds is 4. The van der Waals surface area contributed by atoms with Crippen molar-refractivity contribution in [2.75, 3.05) is 7.05 Å². The molecule has 1 aliphatic carbocycles. The Hall–Kier alpha value is -1.03. The van der Waals surface area contributed by atoms with Gasteiger partial charge >= 0.3 is 0 Å². The second-order valence-electron chi connectivity index (χ2n) is 4.43. The molecule has 2 rings (SSSR count). The van der Waals surface area contributed by atoms with Gasteiger partial charge < -0.3 is 9.32 Å². The summed E-state index contributed by atoms with van der Waals surface area (Å²) in [4.78, 5) is 13.7. The highest BCUT2D eigenvalue weighted by molar-refractivity contribution is 9.10. The molecule has 1 aromatic rings. The van der Waals surface area contributed by atoms with Gasteiger partial charge in [-0.1, -0.05) is 12.2 Å². The molecule has 0 aliphatic heterocycles. The van der Waals surface area contributed by atoms with Gasteiger partial charge in [0.1, 0.15) is 5.76 Å². The molecule has 0 bridgehead atoms. The van der Waals surface area contributed by atoms with Crippen molar-refractivity contribution in [1.29, 1.82) is 0 Å². The summed E-state index contributed by atoms with van der Waals surface area (Å²) in [6, 6.07) is 3.72. The highest BCUT2D eigenvalue weighted by atomic mass is 79.9. The van der Waals surface area contributed by atoms with Crippen LogP contribution in [0.2, 0.25) is 0 Å². The van der Waals surface area contributed by atoms with Crippen LogP contribution in [-0.2, 0) is 11.3 Å². The van der Waals surface area contributed by atoms with Gasteiger partial charge in [-0.2, -0.15) is 0 Å². The monoisotopic (exact) mass is 297 g/mol. The van der Waals surface area contributed by atoms with Gasteiger partial charge in [0.25, 0.3) is 0 Å². The molecule has 0 N–H and O–H groups in total. The molecule has 17 heavy (non-hydrogen) atoms. The van der Waals surface area contributed by atoms with Crippen molar-refractivity contribution in [1.82, 2.24) is 4.90 Å². The third kappa shape index (κ3) is 3.46. The zero-order valence-corrected chi connectivity index (χ0v) is 11.4. The lowest BCUT2D eigenvalue weighted by Gasteiger charge is -2.17. The van der Waals surface area contributed by atoms with Crippen molar-refractivity contribution in [3.8, 4) is 0 Å². The maximum Gasteiger partial charge on any atom is 0.223 e. The molecule has 1 unspecified atom stereocenters. The fraction of sp³-hybridized carbons (Fsp3) is 0.462. The molecule has 1 aromatic heterocycles. The standard InChI is InChI=1S/C13H16BrNO2/c1-15(9-11-6-7-12(14)17-11)13(16)8-10-4-2-3-5-10/h2,4,6-7,10H,3,5,8-9H2,1H3. The molecule has 1 aliphatic rings. The number of furan rings is 1. The predicted octanol–water partition coefficient (Wildman–Crippen LogP) is 3.36. The van der Waals surface area contributed by atoms with Gasteiger partial charge in [0.05, 0.1) is 6.54 Å². The second-order valence-corrected chi connectivity index (χ2v) is 5.21. The fourth-order valence-corrected chi connectivity index (χ4v) is 2.34. The van der Waals surface area contributed by atoms with E-state index in [-0.39, 0.29) is 5.91 Å². The fourth-order valence-electron chi connectivity index (χ4n) is 2.00. The van der Waals surface area contributed by atoms with Crippen LogP contribution in [0.15, 0.2) is 33.4 Å². The van der Waals surface area contributed by atoms with Gasteiger partial charge in [0.15, 0.2) is 4.67 Å². The van der Waals surface area contributed by atoms with E-state index in [4.69, 9.17) is 4.42 Å². The maximum absolute atomic E-state index is 11.9. The van der Waals surface area contributed by atoms with Gasteiger partial charge in [0.2, 0.25) is 5.91 Å². The Morgan fingerprint density at radius 3 is 3.00 bits per heavy atom. The summed E-state index contributed by atoms with van der Waals surface area (Å²) in [6.45, 7) is 0.529. The van der Waals surface area contributed by atoms with Crippen LogP contribution in [0.4, 0.5) is 0 Å². The van der Waals surface area contributed by atoms with E-state index in [0.29, 0.717) is 23.6 Å². The van der Waals surface area contributed by atoms with Crippen molar-refractivity contribution >= 4 is 21.8 Å². The minimum atomic E-state index is 0.175. The molecule has 1 heterocycles. The molecule has 1 atom stereocenters. The first kappa shape index (κ1) is 12.4. The number of hydrogen-bond acceptors (Lipinski definition) is 2. The van der Waals surface area contributed by atoms with E-state index in [0.717, 1.165) is 18.6 Å². The Bertz CT molecular complexity index is 425. The van der Waals surface area contributed by atoms with Crippen LogP contribution in [0.3, 0.4) is 0 Å². The zero-order chi connectivity index (χ0) is 12.3. The molecule has 1 amide bonds. The average molecular weight is 298 g/mol. The normalized spacial score (nSPS) is 18.6. The molecule has 4 heteroatoms. The summed E-state index contributed by atoms with van der Waals surface area (Å²) in [7, 11) is 1.82. The van der Waals surface area contributed by atoms with Crippen LogP contribution in [0.5, 0.6) is 0 Å². The maximum atomic E-state index is 11.9. The van der Waals surface area contributed by atoms with Crippen molar-refractivity contribution < 1.29 is 9.21 Å². The Labute approximate surface area is 110 Å². The Morgan fingerprint density at radius 1 is 1.59 bits per heavy atom. The number of hydrogen-bond donors (Lipinski definition) is 0. The molecule has 0 spiro atoms. The summed E-state index contributed by atoms with van der Waals surface area (Å²) in [5.41, 5.74) is 0. The van der Waals surface area contributed by atoms with Crippen molar-refractivity contribution in [2.45, 2.75) is 25.8 Å². The molecular formula is C13H16BrNO2. The Morgan fingerprint density at radius 2 is 2.41 bits per heavy atom. The second kappa shape index (κ2) is 5.54. The lowest BCUT2D eigenvalue weighted by molar-refractivity contribution is -0.131. The molecule has 3 nitrogen and oxygen atoms in total. The van der Waals surface area contributed by atoms with Crippen molar-refractivity contribution in [2.24, 2.45) is 5.92 Å². The summed E-state index contributed by atoms with van der Waals surface area (Å²) in [5, 5.41) is 0. The number of carbonyl (C=O) groups excluding carboxylic acids is 1. The third-order valence-corrected chi connectivity index (χ3v) is 3.42. The molecule has 0 saturated carbocycles. The number of amides is 1. The lowest BCUT2D eigenvalue weighted by Crippen LogP contribution is -2.27. The lowest BCUT2D eigenvalue weighted by atomic mass is 10.0. The Balaban J connectivity index is 1.84. The molecule has 0 fully saturated rings. The van der Waals surface area contributed by atoms with E-state index < -0.39 is 0 Å². The first-order valence-corrected chi connectivity index (χ1v) is 6.59. The molecule has 92 valence electrons. The quantitative estimate of drug-likeness (QED) is 0.799. The van der Waals surface area contributed by atoms with Crippen LogP contribution < -0.4 is 0 Å². The summed E-state index contributed by atoms with van der Waals surface area (Å²) in [6.07, 6.45) is 7.12. The number of halogens is 1. The minimum Gasteiger partial charge on any atom is -0.452 e. The van der Waals surface area contributed by atoms with E-state index in [1.807, 2.05) is 19.2 Å². The van der Waals surface area contributed by atoms with Gasteiger partial charge in [-0.25, -0.2) is 0 Å². The highest BCUT2D eigenvalue weighted by Crippen LogP contribution is 2.22.